The van der Waals surface area contributed by atoms with Gasteiger partial charge in [-0.25, -0.2) is 4.79 Å². The highest BCUT2D eigenvalue weighted by atomic mass is 28.3. The average molecular weight is 361 g/mol. The van der Waals surface area contributed by atoms with Crippen LogP contribution in [0.1, 0.15) is 52.5 Å². The van der Waals surface area contributed by atoms with Crippen LogP contribution in [0.25, 0.3) is 0 Å². The van der Waals surface area contributed by atoms with Gasteiger partial charge in [0.2, 0.25) is 0 Å². The fraction of sp³-hybridized carbons (Fsp3) is 0.600. The maximum Gasteiger partial charge on any atom is 0.319 e. The zero-order valence-electron chi connectivity index (χ0n) is 16.3. The van der Waals surface area contributed by atoms with Crippen LogP contribution in [-0.2, 0) is 10.3 Å². The molecule has 0 bridgehead atoms. The Labute approximate surface area is 153 Å². The van der Waals surface area contributed by atoms with Crippen LogP contribution in [0.4, 0.5) is 4.79 Å². The number of hydrogen-bond acceptors (Lipinski definition) is 2. The Kier molecular flexibility index (Phi) is 6.09. The first-order valence-corrected chi connectivity index (χ1v) is 12.1. The molecule has 5 heteroatoms. The molecule has 1 aromatic rings. The monoisotopic (exact) mass is 360 g/mol. The highest BCUT2D eigenvalue weighted by Crippen LogP contribution is 2.42. The predicted octanol–water partition coefficient (Wildman–Crippen LogP) is 4.97. The van der Waals surface area contributed by atoms with E-state index in [4.69, 9.17) is 0 Å². The van der Waals surface area contributed by atoms with E-state index in [0.29, 0.717) is 0 Å². The Balaban J connectivity index is 2.54. The van der Waals surface area contributed by atoms with E-state index in [0.717, 1.165) is 43.0 Å². The standard InChI is InChI=1S/C20H32N2O2Si/c1-6-14-25(15-7-2,16-8-3)22-18(23)20(4,21(5)19(22)24)17-12-10-9-11-13-17/h9-13H,6-8,14-16H2,1-5H3. The summed E-state index contributed by atoms with van der Waals surface area (Å²) < 4.78 is 1.75. The maximum absolute atomic E-state index is 13.6. The zero-order valence-corrected chi connectivity index (χ0v) is 17.3. The quantitative estimate of drug-likeness (QED) is 0.485. The van der Waals surface area contributed by atoms with Gasteiger partial charge in [0, 0.05) is 7.05 Å². The van der Waals surface area contributed by atoms with Crippen LogP contribution in [0.2, 0.25) is 18.1 Å². The summed E-state index contributed by atoms with van der Waals surface area (Å²) in [7, 11) is -0.385. The third-order valence-electron chi connectivity index (χ3n) is 5.72. The number of benzene rings is 1. The summed E-state index contributed by atoms with van der Waals surface area (Å²) in [4.78, 5) is 28.5. The molecule has 0 radical (unpaired) electrons. The van der Waals surface area contributed by atoms with Crippen molar-refractivity contribution < 1.29 is 9.59 Å². The molecule has 1 atom stereocenters. The molecular formula is C20H32N2O2Si. The van der Waals surface area contributed by atoms with Gasteiger partial charge in [-0.1, -0.05) is 70.4 Å². The van der Waals surface area contributed by atoms with Crippen molar-refractivity contribution in [3.63, 3.8) is 0 Å². The van der Waals surface area contributed by atoms with Gasteiger partial charge in [0.25, 0.3) is 5.91 Å². The van der Waals surface area contributed by atoms with Crippen molar-refractivity contribution in [1.82, 2.24) is 9.47 Å². The first-order chi connectivity index (χ1) is 11.9. The van der Waals surface area contributed by atoms with Crippen LogP contribution in [-0.4, -0.2) is 36.7 Å². The van der Waals surface area contributed by atoms with Gasteiger partial charge >= 0.3 is 6.03 Å². The van der Waals surface area contributed by atoms with E-state index in [1.54, 1.807) is 16.5 Å². The number of amides is 3. The van der Waals surface area contributed by atoms with Crippen LogP contribution in [0.15, 0.2) is 30.3 Å². The Morgan fingerprint density at radius 2 is 1.40 bits per heavy atom. The van der Waals surface area contributed by atoms with E-state index in [1.807, 2.05) is 37.3 Å². The topological polar surface area (TPSA) is 40.6 Å². The third-order valence-corrected chi connectivity index (χ3v) is 11.4. The van der Waals surface area contributed by atoms with Crippen LogP contribution in [0, 0.1) is 0 Å². The number of urea groups is 1. The minimum atomic E-state index is -2.16. The fourth-order valence-electron chi connectivity index (χ4n) is 4.39. The number of rotatable bonds is 8. The largest absolute Gasteiger partial charge is 0.319 e. The first-order valence-electron chi connectivity index (χ1n) is 9.57. The molecule has 0 aliphatic carbocycles. The minimum Gasteiger partial charge on any atom is -0.309 e. The minimum absolute atomic E-state index is 0.0202. The summed E-state index contributed by atoms with van der Waals surface area (Å²) in [6.45, 7) is 8.39. The van der Waals surface area contributed by atoms with Gasteiger partial charge in [0.1, 0.15) is 5.54 Å². The third kappa shape index (κ3) is 3.14. The molecule has 1 aliphatic rings. The van der Waals surface area contributed by atoms with Crippen molar-refractivity contribution in [1.29, 1.82) is 0 Å². The molecule has 1 saturated heterocycles. The van der Waals surface area contributed by atoms with E-state index in [9.17, 15) is 9.59 Å². The van der Waals surface area contributed by atoms with Gasteiger partial charge in [0.05, 0.1) is 0 Å². The Bertz CT molecular complexity index is 602. The molecule has 1 heterocycles. The van der Waals surface area contributed by atoms with E-state index in [-0.39, 0.29) is 11.9 Å². The molecule has 1 unspecified atom stereocenters. The summed E-state index contributed by atoms with van der Waals surface area (Å²) in [5, 5.41) is 0. The van der Waals surface area contributed by atoms with Gasteiger partial charge in [-0.3, -0.25) is 9.36 Å². The summed E-state index contributed by atoms with van der Waals surface area (Å²) in [6, 6.07) is 12.6. The molecule has 0 spiro atoms. The van der Waals surface area contributed by atoms with Gasteiger partial charge < -0.3 is 4.90 Å². The van der Waals surface area contributed by atoms with E-state index in [2.05, 4.69) is 20.8 Å². The second kappa shape index (κ2) is 7.73. The van der Waals surface area contributed by atoms with Crippen molar-refractivity contribution in [2.75, 3.05) is 7.05 Å². The number of imide groups is 1. The molecule has 2 rings (SSSR count). The maximum atomic E-state index is 13.6. The molecule has 0 aromatic heterocycles. The number of hydrogen-bond donors (Lipinski definition) is 0. The number of carbonyl (C=O) groups is 2. The van der Waals surface area contributed by atoms with Crippen molar-refractivity contribution in [3.8, 4) is 0 Å². The van der Waals surface area contributed by atoms with Crippen LogP contribution < -0.4 is 0 Å². The Hall–Kier alpha value is -1.62. The van der Waals surface area contributed by atoms with Crippen molar-refractivity contribution in [2.24, 2.45) is 0 Å². The summed E-state index contributed by atoms with van der Waals surface area (Å²) in [6.07, 6.45) is 3.07. The molecule has 3 amide bonds. The Morgan fingerprint density at radius 3 is 1.84 bits per heavy atom. The van der Waals surface area contributed by atoms with E-state index < -0.39 is 13.8 Å². The average Bonchev–Trinajstić information content (AvgIpc) is 2.78. The van der Waals surface area contributed by atoms with Crippen molar-refractivity contribution in [2.45, 2.75) is 70.6 Å². The second-order valence-corrected chi connectivity index (χ2v) is 11.8. The normalized spacial score (nSPS) is 21.3. The lowest BCUT2D eigenvalue weighted by Crippen LogP contribution is -2.57. The molecule has 1 aliphatic heterocycles. The molecule has 25 heavy (non-hydrogen) atoms. The van der Waals surface area contributed by atoms with Gasteiger partial charge in [-0.2, -0.15) is 0 Å². The summed E-state index contributed by atoms with van der Waals surface area (Å²) >= 11 is 0. The fourth-order valence-corrected chi connectivity index (χ4v) is 9.81. The molecule has 1 fully saturated rings. The lowest BCUT2D eigenvalue weighted by molar-refractivity contribution is -0.130. The second-order valence-electron chi connectivity index (χ2n) is 7.39. The molecule has 138 valence electrons. The molecule has 1 aromatic carbocycles. The zero-order chi connectivity index (χ0) is 18.7. The van der Waals surface area contributed by atoms with Crippen LogP contribution >= 0.6 is 0 Å². The Morgan fingerprint density at radius 1 is 0.920 bits per heavy atom. The predicted molar refractivity (Wildman–Crippen MR) is 105 cm³/mol. The summed E-state index contributed by atoms with van der Waals surface area (Å²) in [5.74, 6) is -0.0202. The highest BCUT2D eigenvalue weighted by Gasteiger charge is 2.59. The van der Waals surface area contributed by atoms with Gasteiger partial charge in [0.15, 0.2) is 8.24 Å². The van der Waals surface area contributed by atoms with E-state index >= 15 is 0 Å². The van der Waals surface area contributed by atoms with Gasteiger partial charge in [-0.15, -0.1) is 0 Å². The van der Waals surface area contributed by atoms with Crippen molar-refractivity contribution >= 4 is 20.2 Å². The van der Waals surface area contributed by atoms with Crippen molar-refractivity contribution in [3.05, 3.63) is 35.9 Å². The lowest BCUT2D eigenvalue weighted by atomic mass is 9.91. The van der Waals surface area contributed by atoms with Crippen LogP contribution in [0.3, 0.4) is 0 Å². The molecule has 4 nitrogen and oxygen atoms in total. The smallest absolute Gasteiger partial charge is 0.309 e. The number of nitrogens with zero attached hydrogens (tertiary/aromatic N) is 2. The van der Waals surface area contributed by atoms with E-state index in [1.165, 1.54) is 0 Å². The summed E-state index contributed by atoms with van der Waals surface area (Å²) in [5.41, 5.74) is -0.00280. The lowest BCUT2D eigenvalue weighted by Gasteiger charge is -2.38. The number of carbonyl (C=O) groups excluding carboxylic acids is 2. The van der Waals surface area contributed by atoms with Crippen LogP contribution in [0.5, 0.6) is 0 Å². The highest BCUT2D eigenvalue weighted by molar-refractivity contribution is 6.81. The van der Waals surface area contributed by atoms with Gasteiger partial charge in [-0.05, 0) is 30.6 Å². The number of likely N-dealkylation sites (N-methyl/N-ethyl adjacent to an activating group) is 1. The molecule has 0 N–H and O–H groups in total. The first kappa shape index (κ1) is 19.7. The SMILES string of the molecule is CCC[Si](CCC)(CCC)N1C(=O)N(C)C(C)(c2ccccc2)C1=O. The molecular weight excluding hydrogens is 328 g/mol. The molecule has 0 saturated carbocycles.